The minimum absolute atomic E-state index is 0.0765. The number of nitrogens with zero attached hydrogens (tertiary/aromatic N) is 2. The summed E-state index contributed by atoms with van der Waals surface area (Å²) in [5.74, 6) is -0.614. The average Bonchev–Trinajstić information content (AvgIpc) is 3.08. The summed E-state index contributed by atoms with van der Waals surface area (Å²) in [7, 11) is 1.34. The third-order valence-corrected chi connectivity index (χ3v) is 4.75. The highest BCUT2D eigenvalue weighted by atomic mass is 16.5. The van der Waals surface area contributed by atoms with Gasteiger partial charge in [0.05, 0.1) is 23.9 Å². The van der Waals surface area contributed by atoms with Crippen LogP contribution in [0.2, 0.25) is 0 Å². The number of benzene rings is 2. The van der Waals surface area contributed by atoms with Gasteiger partial charge in [0.1, 0.15) is 6.54 Å². The van der Waals surface area contributed by atoms with Crippen LogP contribution in [0.25, 0.3) is 21.8 Å². The highest BCUT2D eigenvalue weighted by molar-refractivity contribution is 6.05. The number of aryl methyl sites for hydroxylation is 1. The second-order valence-corrected chi connectivity index (χ2v) is 6.56. The first-order valence-electron chi connectivity index (χ1n) is 8.89. The van der Waals surface area contributed by atoms with Gasteiger partial charge in [0.25, 0.3) is 0 Å². The molecule has 2 heterocycles. The molecule has 0 fully saturated rings. The number of amides is 1. The number of fused-ring (bicyclic) bond motifs is 2. The van der Waals surface area contributed by atoms with Crippen LogP contribution in [0, 0.1) is 6.92 Å². The number of ether oxygens (including phenoxy) is 1. The highest BCUT2D eigenvalue weighted by Gasteiger charge is 2.17. The topological polar surface area (TPSA) is 73.2 Å². The maximum atomic E-state index is 12.7. The summed E-state index contributed by atoms with van der Waals surface area (Å²) in [6, 6.07) is 15.0. The van der Waals surface area contributed by atoms with Crippen LogP contribution in [-0.2, 0) is 16.1 Å². The second kappa shape index (κ2) is 7.15. The Morgan fingerprint density at radius 2 is 1.86 bits per heavy atom. The molecule has 0 atom stereocenters. The fourth-order valence-electron chi connectivity index (χ4n) is 3.42. The number of nitrogens with one attached hydrogen (secondary N) is 1. The van der Waals surface area contributed by atoms with Gasteiger partial charge in [-0.05, 0) is 36.8 Å². The number of rotatable bonds is 4. The van der Waals surface area contributed by atoms with E-state index in [0.717, 1.165) is 27.4 Å². The molecule has 2 aromatic carbocycles. The van der Waals surface area contributed by atoms with Crippen molar-refractivity contribution in [2.75, 3.05) is 12.4 Å². The van der Waals surface area contributed by atoms with Crippen LogP contribution in [-0.4, -0.2) is 28.5 Å². The van der Waals surface area contributed by atoms with E-state index < -0.39 is 5.97 Å². The molecule has 6 nitrogen and oxygen atoms in total. The van der Waals surface area contributed by atoms with E-state index in [1.54, 1.807) is 17.0 Å². The fourth-order valence-corrected chi connectivity index (χ4v) is 3.42. The predicted octanol–water partition coefficient (Wildman–Crippen LogP) is 3.92. The number of hydrogen-bond acceptors (Lipinski definition) is 4. The van der Waals surface area contributed by atoms with Crippen molar-refractivity contribution in [2.24, 2.45) is 0 Å². The second-order valence-electron chi connectivity index (χ2n) is 6.56. The number of aromatic nitrogens is 2. The van der Waals surface area contributed by atoms with E-state index in [4.69, 9.17) is 4.74 Å². The van der Waals surface area contributed by atoms with Crippen molar-refractivity contribution in [2.45, 2.75) is 13.5 Å². The van der Waals surface area contributed by atoms with Crippen LogP contribution < -0.4 is 5.32 Å². The Kier molecular flexibility index (Phi) is 4.53. The van der Waals surface area contributed by atoms with E-state index in [-0.39, 0.29) is 12.5 Å². The van der Waals surface area contributed by atoms with E-state index in [9.17, 15) is 9.59 Å². The van der Waals surface area contributed by atoms with Gasteiger partial charge in [-0.3, -0.25) is 9.78 Å². The molecule has 4 aromatic rings. The standard InChI is InChI=1S/C22H19N3O3/c1-14-9-10-18(16-7-5-11-23-21(14)16)24-20(26)13-25-12-17(22(27)28-2)15-6-3-4-8-19(15)25/h3-12H,13H2,1-2H3,(H,24,26). The van der Waals surface area contributed by atoms with Gasteiger partial charge in [0, 0.05) is 28.7 Å². The van der Waals surface area contributed by atoms with Crippen molar-refractivity contribution in [3.8, 4) is 0 Å². The smallest absolute Gasteiger partial charge is 0.340 e. The monoisotopic (exact) mass is 373 g/mol. The number of anilines is 1. The molecular weight excluding hydrogens is 354 g/mol. The molecule has 4 rings (SSSR count). The van der Waals surface area contributed by atoms with Gasteiger partial charge in [-0.25, -0.2) is 4.79 Å². The van der Waals surface area contributed by atoms with Gasteiger partial charge in [0.15, 0.2) is 0 Å². The number of pyridine rings is 1. The lowest BCUT2D eigenvalue weighted by Gasteiger charge is -2.11. The lowest BCUT2D eigenvalue weighted by Crippen LogP contribution is -2.18. The molecule has 0 aliphatic rings. The highest BCUT2D eigenvalue weighted by Crippen LogP contribution is 2.25. The first kappa shape index (κ1) is 17.7. The van der Waals surface area contributed by atoms with Crippen LogP contribution >= 0.6 is 0 Å². The SMILES string of the molecule is COC(=O)c1cn(CC(=O)Nc2ccc(C)c3ncccc23)c2ccccc12. The molecule has 0 spiro atoms. The molecule has 2 aromatic heterocycles. The van der Waals surface area contributed by atoms with E-state index >= 15 is 0 Å². The van der Waals surface area contributed by atoms with Gasteiger partial charge in [-0.15, -0.1) is 0 Å². The predicted molar refractivity (Wildman–Crippen MR) is 108 cm³/mol. The number of carbonyl (C=O) groups is 2. The van der Waals surface area contributed by atoms with Crippen molar-refractivity contribution in [3.63, 3.8) is 0 Å². The minimum Gasteiger partial charge on any atom is -0.465 e. The van der Waals surface area contributed by atoms with Crippen LogP contribution in [0.3, 0.4) is 0 Å². The molecule has 1 N–H and O–H groups in total. The van der Waals surface area contributed by atoms with Gasteiger partial charge >= 0.3 is 5.97 Å². The largest absolute Gasteiger partial charge is 0.465 e. The Labute approximate surface area is 161 Å². The minimum atomic E-state index is -0.425. The van der Waals surface area contributed by atoms with Crippen LogP contribution in [0.5, 0.6) is 0 Å². The molecule has 0 unspecified atom stereocenters. The van der Waals surface area contributed by atoms with Crippen molar-refractivity contribution >= 4 is 39.4 Å². The van der Waals surface area contributed by atoms with E-state index in [2.05, 4.69) is 10.3 Å². The molecule has 28 heavy (non-hydrogen) atoms. The summed E-state index contributed by atoms with van der Waals surface area (Å²) < 4.78 is 6.61. The zero-order valence-corrected chi connectivity index (χ0v) is 15.6. The average molecular weight is 373 g/mol. The Hall–Kier alpha value is -3.67. The van der Waals surface area contributed by atoms with Crippen LogP contribution in [0.1, 0.15) is 15.9 Å². The van der Waals surface area contributed by atoms with Crippen molar-refractivity contribution in [1.29, 1.82) is 0 Å². The Morgan fingerprint density at radius 3 is 2.68 bits per heavy atom. The Bertz CT molecular complexity index is 1210. The summed E-state index contributed by atoms with van der Waals surface area (Å²) in [6.45, 7) is 2.06. The summed E-state index contributed by atoms with van der Waals surface area (Å²) in [4.78, 5) is 29.2. The fraction of sp³-hybridized carbons (Fsp3) is 0.136. The molecule has 0 radical (unpaired) electrons. The van der Waals surface area contributed by atoms with E-state index in [0.29, 0.717) is 11.3 Å². The molecule has 0 saturated heterocycles. The van der Waals surface area contributed by atoms with E-state index in [1.807, 2.05) is 55.5 Å². The number of hydrogen-bond donors (Lipinski definition) is 1. The Morgan fingerprint density at radius 1 is 1.07 bits per heavy atom. The van der Waals surface area contributed by atoms with Gasteiger partial charge in [-0.1, -0.05) is 24.3 Å². The number of methoxy groups -OCH3 is 1. The maximum absolute atomic E-state index is 12.7. The molecule has 6 heteroatoms. The van der Waals surface area contributed by atoms with Gasteiger partial charge in [0.2, 0.25) is 5.91 Å². The van der Waals surface area contributed by atoms with Crippen molar-refractivity contribution in [3.05, 3.63) is 72.1 Å². The lowest BCUT2D eigenvalue weighted by atomic mass is 10.1. The Balaban J connectivity index is 1.65. The molecule has 1 amide bonds. The van der Waals surface area contributed by atoms with Crippen molar-refractivity contribution < 1.29 is 14.3 Å². The number of para-hydroxylation sites is 1. The molecule has 0 aliphatic heterocycles. The molecule has 140 valence electrons. The van der Waals surface area contributed by atoms with Crippen LogP contribution in [0.15, 0.2) is 60.9 Å². The first-order valence-corrected chi connectivity index (χ1v) is 8.89. The lowest BCUT2D eigenvalue weighted by molar-refractivity contribution is -0.116. The maximum Gasteiger partial charge on any atom is 0.340 e. The third-order valence-electron chi connectivity index (χ3n) is 4.75. The normalized spacial score (nSPS) is 10.9. The third kappa shape index (κ3) is 3.09. The molecular formula is C22H19N3O3. The summed E-state index contributed by atoms with van der Waals surface area (Å²) in [5.41, 5.74) is 3.86. The first-order chi connectivity index (χ1) is 13.6. The summed E-state index contributed by atoms with van der Waals surface area (Å²) in [6.07, 6.45) is 3.39. The van der Waals surface area contributed by atoms with Crippen molar-refractivity contribution in [1.82, 2.24) is 9.55 Å². The zero-order chi connectivity index (χ0) is 19.7. The summed E-state index contributed by atoms with van der Waals surface area (Å²) in [5, 5.41) is 4.61. The molecule has 0 bridgehead atoms. The van der Waals surface area contributed by atoms with Crippen LogP contribution in [0.4, 0.5) is 5.69 Å². The van der Waals surface area contributed by atoms with Gasteiger partial charge in [-0.2, -0.15) is 0 Å². The number of carbonyl (C=O) groups excluding carboxylic acids is 2. The number of esters is 1. The molecule has 0 saturated carbocycles. The van der Waals surface area contributed by atoms with E-state index in [1.165, 1.54) is 7.11 Å². The molecule has 0 aliphatic carbocycles. The van der Waals surface area contributed by atoms with Gasteiger partial charge < -0.3 is 14.6 Å². The zero-order valence-electron chi connectivity index (χ0n) is 15.6. The summed E-state index contributed by atoms with van der Waals surface area (Å²) >= 11 is 0. The quantitative estimate of drug-likeness (QED) is 0.550.